The maximum atomic E-state index is 13.0. The third-order valence-electron chi connectivity index (χ3n) is 5.52. The molecule has 172 valence electrons. The van der Waals surface area contributed by atoms with E-state index in [0.717, 1.165) is 38.0 Å². The second kappa shape index (κ2) is 11.7. The molecule has 0 atom stereocenters. The van der Waals surface area contributed by atoms with Crippen LogP contribution in [0.2, 0.25) is 5.02 Å². The lowest BCUT2D eigenvalue weighted by molar-refractivity contribution is 0.0949. The van der Waals surface area contributed by atoms with E-state index in [-0.39, 0.29) is 5.91 Å². The van der Waals surface area contributed by atoms with Gasteiger partial charge in [-0.3, -0.25) is 4.79 Å². The predicted molar refractivity (Wildman–Crippen MR) is 130 cm³/mol. The molecule has 0 unspecified atom stereocenters. The Bertz CT molecular complexity index is 929. The van der Waals surface area contributed by atoms with Crippen LogP contribution >= 0.6 is 11.6 Å². The van der Waals surface area contributed by atoms with Gasteiger partial charge >= 0.3 is 6.03 Å². The Labute approximate surface area is 194 Å². The molecule has 0 saturated carbocycles. The van der Waals surface area contributed by atoms with Crippen LogP contribution in [0.4, 0.5) is 21.9 Å². The number of urea groups is 1. The van der Waals surface area contributed by atoms with Gasteiger partial charge in [0, 0.05) is 55.4 Å². The third-order valence-corrected chi connectivity index (χ3v) is 5.75. The lowest BCUT2D eigenvalue weighted by Gasteiger charge is -2.33. The Morgan fingerprint density at radius 3 is 2.50 bits per heavy atom. The van der Waals surface area contributed by atoms with Gasteiger partial charge in [0.25, 0.3) is 5.91 Å². The van der Waals surface area contributed by atoms with Gasteiger partial charge in [-0.25, -0.2) is 4.79 Å². The fourth-order valence-corrected chi connectivity index (χ4v) is 3.88. The quantitative estimate of drug-likeness (QED) is 0.487. The first kappa shape index (κ1) is 23.9. The number of hydrogen-bond acceptors (Lipinski definition) is 4. The minimum absolute atomic E-state index is 0.159. The highest BCUT2D eigenvalue weighted by molar-refractivity contribution is 6.30. The van der Waals surface area contributed by atoms with Gasteiger partial charge in [0.05, 0.1) is 5.56 Å². The van der Waals surface area contributed by atoms with Crippen molar-refractivity contribution in [3.05, 3.63) is 53.1 Å². The molecule has 1 aliphatic heterocycles. The average Bonchev–Trinajstić information content (AvgIpc) is 2.77. The highest BCUT2D eigenvalue weighted by atomic mass is 35.5. The number of hydrogen-bond donors (Lipinski definition) is 3. The van der Waals surface area contributed by atoms with Crippen LogP contribution in [0, 0.1) is 5.92 Å². The fourth-order valence-electron chi connectivity index (χ4n) is 3.69. The number of nitrogens with one attached hydrogen (secondary N) is 3. The number of methoxy groups -OCH3 is 1. The van der Waals surface area contributed by atoms with Crippen molar-refractivity contribution >= 4 is 40.6 Å². The molecule has 3 N–H and O–H groups in total. The summed E-state index contributed by atoms with van der Waals surface area (Å²) in [5.41, 5.74) is 2.57. The molecule has 0 spiro atoms. The van der Waals surface area contributed by atoms with Crippen LogP contribution in [0.25, 0.3) is 0 Å². The van der Waals surface area contributed by atoms with Gasteiger partial charge in [-0.2, -0.15) is 0 Å². The Hall–Kier alpha value is -2.77. The van der Waals surface area contributed by atoms with E-state index in [2.05, 4.69) is 27.8 Å². The van der Waals surface area contributed by atoms with Crippen molar-refractivity contribution in [2.24, 2.45) is 5.92 Å². The number of anilines is 3. The number of amides is 3. The van der Waals surface area contributed by atoms with E-state index in [9.17, 15) is 9.59 Å². The number of rotatable bonds is 8. The van der Waals surface area contributed by atoms with E-state index in [1.54, 1.807) is 37.4 Å². The highest BCUT2D eigenvalue weighted by Gasteiger charge is 2.22. The number of ether oxygens (including phenoxy) is 1. The molecule has 2 aromatic rings. The van der Waals surface area contributed by atoms with E-state index >= 15 is 0 Å². The van der Waals surface area contributed by atoms with Crippen molar-refractivity contribution in [1.29, 1.82) is 0 Å². The molecule has 3 amide bonds. The SMILES string of the molecule is COCCCNC(=O)c1cc(NC(=O)Nc2cccc(Cl)c2)ccc1N1CCC(C)CC1. The van der Waals surface area contributed by atoms with Gasteiger partial charge in [-0.15, -0.1) is 0 Å². The second-order valence-electron chi connectivity index (χ2n) is 8.09. The van der Waals surface area contributed by atoms with Crippen molar-refractivity contribution in [3.8, 4) is 0 Å². The zero-order valence-corrected chi connectivity index (χ0v) is 19.4. The number of nitrogens with zero attached hydrogens (tertiary/aromatic N) is 1. The summed E-state index contributed by atoms with van der Waals surface area (Å²) in [6.07, 6.45) is 2.92. The summed E-state index contributed by atoms with van der Waals surface area (Å²) in [6, 6.07) is 12.0. The van der Waals surface area contributed by atoms with E-state index < -0.39 is 6.03 Å². The molecule has 7 nitrogen and oxygen atoms in total. The smallest absolute Gasteiger partial charge is 0.323 e. The average molecular weight is 459 g/mol. The number of piperidine rings is 1. The molecule has 32 heavy (non-hydrogen) atoms. The van der Waals surface area contributed by atoms with Crippen molar-refractivity contribution in [2.75, 3.05) is 48.9 Å². The summed E-state index contributed by atoms with van der Waals surface area (Å²) in [7, 11) is 1.64. The monoisotopic (exact) mass is 458 g/mol. The first-order valence-corrected chi connectivity index (χ1v) is 11.3. The Balaban J connectivity index is 1.75. The maximum Gasteiger partial charge on any atom is 0.323 e. The van der Waals surface area contributed by atoms with E-state index in [4.69, 9.17) is 16.3 Å². The zero-order chi connectivity index (χ0) is 22.9. The van der Waals surface area contributed by atoms with Crippen molar-refractivity contribution in [2.45, 2.75) is 26.2 Å². The summed E-state index contributed by atoms with van der Waals surface area (Å²) in [5.74, 6) is 0.530. The third kappa shape index (κ3) is 6.87. The normalized spacial score (nSPS) is 14.2. The summed E-state index contributed by atoms with van der Waals surface area (Å²) in [5, 5.41) is 9.06. The minimum atomic E-state index is -0.404. The molecule has 0 bridgehead atoms. The molecule has 3 rings (SSSR count). The van der Waals surface area contributed by atoms with Crippen molar-refractivity contribution in [3.63, 3.8) is 0 Å². The molecule has 0 radical (unpaired) electrons. The molecular weight excluding hydrogens is 428 g/mol. The van der Waals surface area contributed by atoms with Crippen LogP contribution in [0.15, 0.2) is 42.5 Å². The summed E-state index contributed by atoms with van der Waals surface area (Å²) in [4.78, 5) is 27.7. The number of carbonyl (C=O) groups excluding carboxylic acids is 2. The van der Waals surface area contributed by atoms with Gasteiger partial charge in [-0.1, -0.05) is 24.6 Å². The number of halogens is 1. The summed E-state index contributed by atoms with van der Waals surface area (Å²) < 4.78 is 5.06. The summed E-state index contributed by atoms with van der Waals surface area (Å²) in [6.45, 7) is 5.19. The van der Waals surface area contributed by atoms with Crippen LogP contribution in [-0.2, 0) is 4.74 Å². The van der Waals surface area contributed by atoms with E-state index in [1.807, 2.05) is 12.1 Å². The lowest BCUT2D eigenvalue weighted by atomic mass is 9.98. The van der Waals surface area contributed by atoms with Gasteiger partial charge in [0.1, 0.15) is 0 Å². The van der Waals surface area contributed by atoms with Gasteiger partial charge in [0.15, 0.2) is 0 Å². The predicted octanol–water partition coefficient (Wildman–Crippen LogP) is 4.99. The Morgan fingerprint density at radius 1 is 1.09 bits per heavy atom. The molecule has 1 fully saturated rings. The highest BCUT2D eigenvalue weighted by Crippen LogP contribution is 2.29. The maximum absolute atomic E-state index is 13.0. The fraction of sp³-hybridized carbons (Fsp3) is 0.417. The molecular formula is C24H31ClN4O3. The topological polar surface area (TPSA) is 82.7 Å². The molecule has 0 aliphatic carbocycles. The number of carbonyl (C=O) groups is 2. The Kier molecular flexibility index (Phi) is 8.76. The molecule has 0 aromatic heterocycles. The molecule has 1 aliphatic rings. The van der Waals surface area contributed by atoms with Crippen LogP contribution in [0.3, 0.4) is 0 Å². The van der Waals surface area contributed by atoms with Gasteiger partial charge < -0.3 is 25.6 Å². The largest absolute Gasteiger partial charge is 0.385 e. The van der Waals surface area contributed by atoms with Crippen molar-refractivity contribution < 1.29 is 14.3 Å². The summed E-state index contributed by atoms with van der Waals surface area (Å²) >= 11 is 5.98. The lowest BCUT2D eigenvalue weighted by Crippen LogP contribution is -2.35. The molecule has 1 saturated heterocycles. The van der Waals surface area contributed by atoms with E-state index in [0.29, 0.717) is 41.0 Å². The second-order valence-corrected chi connectivity index (χ2v) is 8.53. The standard InChI is InChI=1S/C24H31ClN4O3/c1-17-9-12-29(13-10-17)22-8-7-20(16-21(22)23(30)26-11-4-14-32-2)28-24(31)27-19-6-3-5-18(25)15-19/h3,5-8,15-17H,4,9-14H2,1-2H3,(H,26,30)(H2,27,28,31). The van der Waals surface area contributed by atoms with Crippen LogP contribution in [0.5, 0.6) is 0 Å². The molecule has 1 heterocycles. The van der Waals surface area contributed by atoms with Crippen LogP contribution < -0.4 is 20.9 Å². The zero-order valence-electron chi connectivity index (χ0n) is 18.6. The van der Waals surface area contributed by atoms with Gasteiger partial charge in [0.2, 0.25) is 0 Å². The number of benzene rings is 2. The van der Waals surface area contributed by atoms with E-state index in [1.165, 1.54) is 0 Å². The first-order chi connectivity index (χ1) is 15.5. The van der Waals surface area contributed by atoms with Crippen molar-refractivity contribution in [1.82, 2.24) is 5.32 Å². The van der Waals surface area contributed by atoms with Gasteiger partial charge in [-0.05, 0) is 61.6 Å². The molecule has 2 aromatic carbocycles. The van der Waals surface area contributed by atoms with Crippen LogP contribution in [-0.4, -0.2) is 45.3 Å². The minimum Gasteiger partial charge on any atom is -0.385 e. The Morgan fingerprint density at radius 2 is 1.81 bits per heavy atom. The first-order valence-electron chi connectivity index (χ1n) is 11.0. The molecule has 8 heteroatoms. The van der Waals surface area contributed by atoms with Crippen LogP contribution in [0.1, 0.15) is 36.5 Å².